The Morgan fingerprint density at radius 3 is 1.81 bits per heavy atom. The highest BCUT2D eigenvalue weighted by Gasteiger charge is 2.38. The van der Waals surface area contributed by atoms with Crippen LogP contribution in [0.3, 0.4) is 0 Å². The van der Waals surface area contributed by atoms with Gasteiger partial charge in [0.25, 0.3) is 0 Å². The van der Waals surface area contributed by atoms with E-state index in [9.17, 15) is 33.9 Å². The molecule has 4 rings (SSSR count). The number of benzene rings is 2. The van der Waals surface area contributed by atoms with E-state index in [0.717, 1.165) is 22.3 Å². The normalized spacial score (nSPS) is 16.8. The van der Waals surface area contributed by atoms with Crippen LogP contribution in [0.1, 0.15) is 90.7 Å². The summed E-state index contributed by atoms with van der Waals surface area (Å²) in [4.78, 5) is 79.5. The molecule has 1 saturated heterocycles. The number of rotatable bonds is 17. The number of carboxylic acids is 1. The number of likely N-dealkylation sites (tertiary alicyclic amines) is 1. The topological polar surface area (TPSA) is 183 Å². The van der Waals surface area contributed by atoms with E-state index < -0.39 is 66.4 Å². The summed E-state index contributed by atoms with van der Waals surface area (Å²) in [5.74, 6) is -3.57. The van der Waals surface area contributed by atoms with Crippen molar-refractivity contribution in [3.8, 4) is 11.1 Å². The van der Waals surface area contributed by atoms with E-state index in [2.05, 4.69) is 33.4 Å². The van der Waals surface area contributed by atoms with Crippen molar-refractivity contribution < 1.29 is 38.6 Å². The standard InChI is InChI=1S/C40H55N5O8/c1-23(2)18-31(36(47)41-21-35(46)42-32(19-24(3)4)37(48)44-33(39(50)51)20-25(5)6)43-38(49)34-16-11-17-45(34)40(52)53-22-30-28-14-9-7-12-26(28)27-13-8-10-15-29(27)30/h7-10,12-15,23-25,30-34H,11,16-22H2,1-6H3,(H,41,47)(H,42,46)(H,43,49)(H,44,48)(H,50,51)/t31-,32-,33-,34-/m0/s1. The summed E-state index contributed by atoms with van der Waals surface area (Å²) in [6, 6.07) is 12.2. The Bertz CT molecular complexity index is 1600. The number of fused-ring (bicyclic) bond motifs is 3. The third-order valence-corrected chi connectivity index (χ3v) is 9.57. The number of carbonyl (C=O) groups is 6. The maximum absolute atomic E-state index is 13.6. The molecule has 0 unspecified atom stereocenters. The molecule has 288 valence electrons. The lowest BCUT2D eigenvalue weighted by atomic mass is 9.98. The lowest BCUT2D eigenvalue weighted by Crippen LogP contribution is -2.56. The first-order valence-corrected chi connectivity index (χ1v) is 18.7. The SMILES string of the molecule is CC(C)C[C@H](NC(=O)[C@H](CC(C)C)NC(=O)CNC(=O)[C@H](CC(C)C)NC(=O)[C@@H]1CCCN1C(=O)OCC1c2ccccc2-c2ccccc21)C(=O)O. The van der Waals surface area contributed by atoms with Gasteiger partial charge in [-0.25, -0.2) is 9.59 Å². The zero-order valence-electron chi connectivity index (χ0n) is 31.6. The van der Waals surface area contributed by atoms with Gasteiger partial charge in [0.2, 0.25) is 23.6 Å². The second-order valence-corrected chi connectivity index (χ2v) is 15.3. The maximum Gasteiger partial charge on any atom is 0.410 e. The van der Waals surface area contributed by atoms with E-state index in [4.69, 9.17) is 4.74 Å². The molecule has 0 radical (unpaired) electrons. The van der Waals surface area contributed by atoms with Gasteiger partial charge in [0.15, 0.2) is 0 Å². The first-order chi connectivity index (χ1) is 25.2. The van der Waals surface area contributed by atoms with Crippen LogP contribution in [0.15, 0.2) is 48.5 Å². The van der Waals surface area contributed by atoms with E-state index in [-0.39, 0.29) is 49.5 Å². The van der Waals surface area contributed by atoms with Crippen molar-refractivity contribution in [3.63, 3.8) is 0 Å². The molecule has 5 amide bonds. The molecule has 0 aromatic heterocycles. The molecule has 13 nitrogen and oxygen atoms in total. The molecule has 4 atom stereocenters. The minimum absolute atomic E-state index is 0.00299. The predicted molar refractivity (Wildman–Crippen MR) is 200 cm³/mol. The third kappa shape index (κ3) is 11.0. The van der Waals surface area contributed by atoms with E-state index in [0.29, 0.717) is 19.4 Å². The highest BCUT2D eigenvalue weighted by atomic mass is 16.6. The smallest absolute Gasteiger partial charge is 0.410 e. The van der Waals surface area contributed by atoms with Gasteiger partial charge in [-0.3, -0.25) is 24.1 Å². The van der Waals surface area contributed by atoms with Crippen LogP contribution in [0.4, 0.5) is 4.79 Å². The van der Waals surface area contributed by atoms with E-state index >= 15 is 0 Å². The van der Waals surface area contributed by atoms with E-state index in [1.165, 1.54) is 4.90 Å². The van der Waals surface area contributed by atoms with Crippen molar-refractivity contribution in [1.82, 2.24) is 26.2 Å². The van der Waals surface area contributed by atoms with Crippen LogP contribution < -0.4 is 21.3 Å². The third-order valence-electron chi connectivity index (χ3n) is 9.57. The van der Waals surface area contributed by atoms with Gasteiger partial charge in [-0.15, -0.1) is 0 Å². The van der Waals surface area contributed by atoms with Crippen LogP contribution in [0, 0.1) is 17.8 Å². The largest absolute Gasteiger partial charge is 0.480 e. The summed E-state index contributed by atoms with van der Waals surface area (Å²) in [5, 5.41) is 20.1. The minimum atomic E-state index is -1.16. The van der Waals surface area contributed by atoms with Crippen molar-refractivity contribution in [1.29, 1.82) is 0 Å². The number of hydrogen-bond acceptors (Lipinski definition) is 7. The van der Waals surface area contributed by atoms with Gasteiger partial charge in [-0.05, 0) is 72.1 Å². The molecule has 2 aromatic carbocycles. The predicted octanol–water partition coefficient (Wildman–Crippen LogP) is 4.19. The van der Waals surface area contributed by atoms with Crippen LogP contribution in [-0.4, -0.2) is 89.6 Å². The number of ether oxygens (including phenoxy) is 1. The molecule has 0 bridgehead atoms. The molecule has 0 saturated carbocycles. The van der Waals surface area contributed by atoms with E-state index in [1.54, 1.807) is 0 Å². The van der Waals surface area contributed by atoms with Crippen LogP contribution in [0.2, 0.25) is 0 Å². The van der Waals surface area contributed by atoms with Gasteiger partial charge < -0.3 is 31.1 Å². The number of nitrogens with zero attached hydrogens (tertiary/aromatic N) is 1. The summed E-state index contributed by atoms with van der Waals surface area (Å²) in [7, 11) is 0. The molecule has 5 N–H and O–H groups in total. The molecule has 0 spiro atoms. The molecule has 2 aromatic rings. The van der Waals surface area contributed by atoms with Crippen molar-refractivity contribution in [3.05, 3.63) is 59.7 Å². The van der Waals surface area contributed by atoms with Gasteiger partial charge in [0.1, 0.15) is 30.8 Å². The molecule has 13 heteroatoms. The number of carboxylic acid groups (broad SMARTS) is 1. The Kier molecular flexibility index (Phi) is 14.4. The highest BCUT2D eigenvalue weighted by Crippen LogP contribution is 2.44. The fraction of sp³-hybridized carbons (Fsp3) is 0.550. The van der Waals surface area contributed by atoms with E-state index in [1.807, 2.05) is 77.9 Å². The number of carbonyl (C=O) groups excluding carboxylic acids is 5. The molecule has 1 aliphatic heterocycles. The fourth-order valence-corrected chi connectivity index (χ4v) is 7.11. The summed E-state index contributed by atoms with van der Waals surface area (Å²) in [5.41, 5.74) is 4.39. The van der Waals surface area contributed by atoms with Gasteiger partial charge in [0.05, 0.1) is 6.54 Å². The monoisotopic (exact) mass is 733 g/mol. The summed E-state index contributed by atoms with van der Waals surface area (Å²) < 4.78 is 5.83. The first kappa shape index (κ1) is 40.8. The van der Waals surface area contributed by atoms with Crippen LogP contribution in [0.25, 0.3) is 11.1 Å². The average molecular weight is 734 g/mol. The molecule has 2 aliphatic rings. The van der Waals surface area contributed by atoms with Gasteiger partial charge in [0, 0.05) is 12.5 Å². The lowest BCUT2D eigenvalue weighted by molar-refractivity contribution is -0.142. The van der Waals surface area contributed by atoms with Crippen molar-refractivity contribution in [2.24, 2.45) is 17.8 Å². The van der Waals surface area contributed by atoms with Gasteiger partial charge in [-0.1, -0.05) is 90.1 Å². The minimum Gasteiger partial charge on any atom is -0.480 e. The Morgan fingerprint density at radius 2 is 1.26 bits per heavy atom. The Labute approximate surface area is 312 Å². The second kappa shape index (κ2) is 18.7. The number of nitrogens with one attached hydrogen (secondary N) is 4. The molecule has 1 aliphatic carbocycles. The highest BCUT2D eigenvalue weighted by molar-refractivity contribution is 5.94. The Balaban J connectivity index is 1.34. The molecule has 1 heterocycles. The summed E-state index contributed by atoms with van der Waals surface area (Å²) in [6.45, 7) is 11.2. The first-order valence-electron chi connectivity index (χ1n) is 18.7. The summed E-state index contributed by atoms with van der Waals surface area (Å²) >= 11 is 0. The Hall–Kier alpha value is -4.94. The van der Waals surface area contributed by atoms with Gasteiger partial charge in [-0.2, -0.15) is 0 Å². The second-order valence-electron chi connectivity index (χ2n) is 15.3. The summed E-state index contributed by atoms with van der Waals surface area (Å²) in [6.07, 6.45) is 1.18. The Morgan fingerprint density at radius 1 is 0.736 bits per heavy atom. The maximum atomic E-state index is 13.6. The van der Waals surface area contributed by atoms with Crippen molar-refractivity contribution >= 4 is 35.7 Å². The number of amides is 5. The zero-order chi connectivity index (χ0) is 38.8. The molecule has 53 heavy (non-hydrogen) atoms. The molecule has 1 fully saturated rings. The molecular formula is C40H55N5O8. The quantitative estimate of drug-likeness (QED) is 0.160. The van der Waals surface area contributed by atoms with Crippen molar-refractivity contribution in [2.45, 2.75) is 104 Å². The lowest BCUT2D eigenvalue weighted by Gasteiger charge is -2.27. The van der Waals surface area contributed by atoms with Gasteiger partial charge >= 0.3 is 12.1 Å². The average Bonchev–Trinajstić information content (AvgIpc) is 3.72. The van der Waals surface area contributed by atoms with Crippen LogP contribution in [0.5, 0.6) is 0 Å². The zero-order valence-corrected chi connectivity index (χ0v) is 31.6. The number of aliphatic carboxylic acids is 1. The molecular weight excluding hydrogens is 678 g/mol. The van der Waals surface area contributed by atoms with Crippen molar-refractivity contribution in [2.75, 3.05) is 19.7 Å². The van der Waals surface area contributed by atoms with Crippen LogP contribution in [-0.2, 0) is 28.7 Å². The fourth-order valence-electron chi connectivity index (χ4n) is 7.11. The number of hydrogen-bond donors (Lipinski definition) is 5. The van der Waals surface area contributed by atoms with Crippen LogP contribution >= 0.6 is 0 Å².